The fraction of sp³-hybridized carbons (Fsp3) is 0.700. The molecule has 1 amide bonds. The van der Waals surface area contributed by atoms with Gasteiger partial charge in [-0.05, 0) is 31.2 Å². The molecule has 26 heavy (non-hydrogen) atoms. The second kappa shape index (κ2) is 13.4. The summed E-state index contributed by atoms with van der Waals surface area (Å²) in [5, 5.41) is 20.5. The van der Waals surface area contributed by atoms with Crippen LogP contribution in [0, 0.1) is 5.92 Å². The summed E-state index contributed by atoms with van der Waals surface area (Å²) in [5.74, 6) is 0.0278. The number of anilines is 1. The van der Waals surface area contributed by atoms with Gasteiger partial charge in [0.25, 0.3) is 5.91 Å². The quantitative estimate of drug-likeness (QED) is 0.525. The maximum atomic E-state index is 11.6. The molecular weight excluding hydrogens is 334 g/mol. The highest BCUT2D eigenvalue weighted by molar-refractivity contribution is 5.92. The first-order valence-corrected chi connectivity index (χ1v) is 9.77. The molecule has 0 aromatic carbocycles. The number of aliphatic carboxylic acids is 1. The second-order valence-electron chi connectivity index (χ2n) is 6.91. The summed E-state index contributed by atoms with van der Waals surface area (Å²) in [5.41, 5.74) is 0. The van der Waals surface area contributed by atoms with E-state index in [1.54, 1.807) is 12.1 Å². The molecule has 6 nitrogen and oxygen atoms in total. The average Bonchev–Trinajstić information content (AvgIpc) is 3.30. The summed E-state index contributed by atoms with van der Waals surface area (Å²) in [4.78, 5) is 21.6. The third-order valence-corrected chi connectivity index (χ3v) is 4.64. The minimum atomic E-state index is -0.930. The van der Waals surface area contributed by atoms with Gasteiger partial charge in [0.2, 0.25) is 0 Å². The summed E-state index contributed by atoms with van der Waals surface area (Å²) in [7, 11) is 0. The van der Waals surface area contributed by atoms with Gasteiger partial charge in [-0.3, -0.25) is 14.9 Å². The van der Waals surface area contributed by atoms with Gasteiger partial charge < -0.3 is 14.6 Å². The van der Waals surface area contributed by atoms with Crippen LogP contribution in [0.1, 0.15) is 77.6 Å². The van der Waals surface area contributed by atoms with Gasteiger partial charge in [0.15, 0.2) is 5.88 Å². The van der Waals surface area contributed by atoms with Gasteiger partial charge in [-0.15, -0.1) is 0 Å². The number of carbonyl (C=O) groups is 2. The van der Waals surface area contributed by atoms with Crippen LogP contribution in [0.25, 0.3) is 0 Å². The lowest BCUT2D eigenvalue weighted by atomic mass is 9.99. The Balaban J connectivity index is 0.000000321. The molecule has 1 heterocycles. The maximum Gasteiger partial charge on any atom is 0.303 e. The van der Waals surface area contributed by atoms with Gasteiger partial charge in [0.1, 0.15) is 6.10 Å². The molecule has 1 aliphatic carbocycles. The minimum absolute atomic E-state index is 0.333. The Morgan fingerprint density at radius 3 is 2.58 bits per heavy atom. The number of aliphatic hydroxyl groups is 1. The number of carboxylic acid groups (broad SMARTS) is 1. The lowest BCUT2D eigenvalue weighted by Crippen LogP contribution is -2.27. The number of aliphatic hydroxyl groups excluding tert-OH is 1. The Bertz CT molecular complexity index is 494. The predicted octanol–water partition coefficient (Wildman–Crippen LogP) is 4.59. The highest BCUT2D eigenvalue weighted by Crippen LogP contribution is 2.29. The minimum Gasteiger partial charge on any atom is -0.481 e. The molecule has 3 N–H and O–H groups in total. The Labute approximate surface area is 156 Å². The fourth-order valence-corrected chi connectivity index (χ4v) is 3.08. The number of carboxylic acids is 1. The van der Waals surface area contributed by atoms with Crippen molar-refractivity contribution in [3.63, 3.8) is 0 Å². The summed E-state index contributed by atoms with van der Waals surface area (Å²) < 4.78 is 4.99. The number of rotatable bonds is 10. The van der Waals surface area contributed by atoms with Crippen molar-refractivity contribution in [3.05, 3.63) is 18.4 Å². The molecule has 2 rings (SSSR count). The van der Waals surface area contributed by atoms with Gasteiger partial charge in [-0.1, -0.05) is 51.9 Å². The van der Waals surface area contributed by atoms with E-state index >= 15 is 0 Å². The third-order valence-electron chi connectivity index (χ3n) is 4.64. The van der Waals surface area contributed by atoms with E-state index < -0.39 is 12.1 Å². The van der Waals surface area contributed by atoms with E-state index in [9.17, 15) is 14.7 Å². The Kier molecular flexibility index (Phi) is 11.4. The molecule has 148 valence electrons. The van der Waals surface area contributed by atoms with Crippen molar-refractivity contribution < 1.29 is 24.2 Å². The number of nitrogens with one attached hydrogen (secondary N) is 1. The highest BCUT2D eigenvalue weighted by Gasteiger charge is 2.20. The van der Waals surface area contributed by atoms with E-state index in [4.69, 9.17) is 9.52 Å². The Morgan fingerprint density at radius 2 is 2.00 bits per heavy atom. The van der Waals surface area contributed by atoms with Gasteiger partial charge in [-0.2, -0.15) is 0 Å². The molecule has 0 bridgehead atoms. The molecule has 0 spiro atoms. The van der Waals surface area contributed by atoms with Crippen LogP contribution in [0.15, 0.2) is 22.8 Å². The molecule has 0 aliphatic heterocycles. The number of hydrogen-bond donors (Lipinski definition) is 3. The molecule has 1 aromatic heterocycles. The topological polar surface area (TPSA) is 99.8 Å². The SMILES string of the molecule is CCCCCCC(=O)O.O=C(Nc1ccco1)C(O)CCC1CCCC1. The van der Waals surface area contributed by atoms with Crippen molar-refractivity contribution in [1.82, 2.24) is 0 Å². The number of unbranched alkanes of at least 4 members (excludes halogenated alkanes) is 3. The molecule has 0 saturated heterocycles. The van der Waals surface area contributed by atoms with Gasteiger partial charge >= 0.3 is 5.97 Å². The third kappa shape index (κ3) is 10.2. The van der Waals surface area contributed by atoms with Crippen molar-refractivity contribution in [3.8, 4) is 0 Å². The van der Waals surface area contributed by atoms with Crippen molar-refractivity contribution in [2.24, 2.45) is 5.92 Å². The van der Waals surface area contributed by atoms with Crippen molar-refractivity contribution >= 4 is 17.8 Å². The van der Waals surface area contributed by atoms with Gasteiger partial charge in [-0.25, -0.2) is 0 Å². The monoisotopic (exact) mass is 367 g/mol. The normalized spacial score (nSPS) is 15.2. The highest BCUT2D eigenvalue weighted by atomic mass is 16.4. The van der Waals surface area contributed by atoms with Crippen LogP contribution in [-0.4, -0.2) is 28.2 Å². The zero-order valence-corrected chi connectivity index (χ0v) is 15.8. The van der Waals surface area contributed by atoms with Crippen molar-refractivity contribution in [1.29, 1.82) is 0 Å². The van der Waals surface area contributed by atoms with Crippen LogP contribution < -0.4 is 5.32 Å². The largest absolute Gasteiger partial charge is 0.481 e. The van der Waals surface area contributed by atoms with E-state index in [0.717, 1.165) is 25.7 Å². The maximum absolute atomic E-state index is 11.6. The zero-order chi connectivity index (χ0) is 19.2. The number of hydrogen-bond acceptors (Lipinski definition) is 4. The second-order valence-corrected chi connectivity index (χ2v) is 6.91. The van der Waals surface area contributed by atoms with E-state index in [0.29, 0.717) is 24.6 Å². The van der Waals surface area contributed by atoms with Gasteiger partial charge in [0.05, 0.1) is 6.26 Å². The molecule has 0 radical (unpaired) electrons. The lowest BCUT2D eigenvalue weighted by molar-refractivity contribution is -0.137. The van der Waals surface area contributed by atoms with Crippen LogP contribution in [0.5, 0.6) is 0 Å². The lowest BCUT2D eigenvalue weighted by Gasteiger charge is -2.12. The summed E-state index contributed by atoms with van der Waals surface area (Å²) in [6.07, 6.45) is 11.7. The first kappa shape index (κ1) is 22.2. The van der Waals surface area contributed by atoms with Gasteiger partial charge in [0, 0.05) is 12.5 Å². The Hall–Kier alpha value is -1.82. The molecule has 6 heteroatoms. The van der Waals surface area contributed by atoms with E-state index in [2.05, 4.69) is 12.2 Å². The summed E-state index contributed by atoms with van der Waals surface area (Å²) >= 11 is 0. The molecule has 1 fully saturated rings. The first-order chi connectivity index (χ1) is 12.5. The molecule has 1 saturated carbocycles. The van der Waals surface area contributed by atoms with E-state index in [1.165, 1.54) is 38.4 Å². The summed E-state index contributed by atoms with van der Waals surface area (Å²) in [6.45, 7) is 2.11. The van der Waals surface area contributed by atoms with Crippen molar-refractivity contribution in [2.45, 2.75) is 83.7 Å². The number of amides is 1. The van der Waals surface area contributed by atoms with Crippen LogP contribution >= 0.6 is 0 Å². The fourth-order valence-electron chi connectivity index (χ4n) is 3.08. The van der Waals surface area contributed by atoms with Crippen LogP contribution in [0.4, 0.5) is 5.88 Å². The van der Waals surface area contributed by atoms with Crippen LogP contribution in [-0.2, 0) is 9.59 Å². The molecule has 1 atom stereocenters. The predicted molar refractivity (Wildman–Crippen MR) is 101 cm³/mol. The average molecular weight is 367 g/mol. The first-order valence-electron chi connectivity index (χ1n) is 9.77. The molecule has 1 aliphatic rings. The van der Waals surface area contributed by atoms with Crippen LogP contribution in [0.2, 0.25) is 0 Å². The Morgan fingerprint density at radius 1 is 1.27 bits per heavy atom. The van der Waals surface area contributed by atoms with E-state index in [-0.39, 0.29) is 5.91 Å². The zero-order valence-electron chi connectivity index (χ0n) is 15.8. The van der Waals surface area contributed by atoms with Crippen molar-refractivity contribution in [2.75, 3.05) is 5.32 Å². The molecule has 1 aromatic rings. The molecule has 1 unspecified atom stereocenters. The standard InChI is InChI=1S/C13H19NO3.C7H14O2/c15-11(8-7-10-4-1-2-5-10)13(16)14-12-6-3-9-17-12;1-2-3-4-5-6-7(8)9/h3,6,9-11,15H,1-2,4-5,7-8H2,(H,14,16);2-6H2,1H3,(H,8,9). The smallest absolute Gasteiger partial charge is 0.303 e. The van der Waals surface area contributed by atoms with E-state index in [1.807, 2.05) is 0 Å². The number of carbonyl (C=O) groups excluding carboxylic acids is 1. The summed E-state index contributed by atoms with van der Waals surface area (Å²) in [6, 6.07) is 3.35. The van der Waals surface area contributed by atoms with Crippen LogP contribution in [0.3, 0.4) is 0 Å². The number of furan rings is 1. The molecular formula is C20H33NO5.